The highest BCUT2D eigenvalue weighted by atomic mass is 32.2. The van der Waals surface area contributed by atoms with Crippen molar-refractivity contribution in [1.82, 2.24) is 18.8 Å². The normalized spacial score (nSPS) is 21.6. The Morgan fingerprint density at radius 1 is 1.15 bits per heavy atom. The van der Waals surface area contributed by atoms with Gasteiger partial charge in [-0.3, -0.25) is 9.36 Å². The Bertz CT molecular complexity index is 1000. The molecule has 8 heteroatoms. The van der Waals surface area contributed by atoms with Crippen LogP contribution in [0.3, 0.4) is 0 Å². The summed E-state index contributed by atoms with van der Waals surface area (Å²) in [7, 11) is -3.61. The minimum Gasteiger partial charge on any atom is -0.337 e. The van der Waals surface area contributed by atoms with Gasteiger partial charge in [-0.25, -0.2) is 13.4 Å². The lowest BCUT2D eigenvalue weighted by molar-refractivity contribution is 0.0785. The van der Waals surface area contributed by atoms with Crippen molar-refractivity contribution in [2.45, 2.75) is 37.1 Å². The van der Waals surface area contributed by atoms with Crippen molar-refractivity contribution in [1.29, 1.82) is 0 Å². The second kappa shape index (κ2) is 6.17. The Labute approximate surface area is 158 Å². The van der Waals surface area contributed by atoms with Crippen molar-refractivity contribution in [3.05, 3.63) is 42.0 Å². The Morgan fingerprint density at radius 3 is 2.63 bits per heavy atom. The first kappa shape index (κ1) is 16.9. The van der Waals surface area contributed by atoms with Gasteiger partial charge in [0.2, 0.25) is 10.0 Å². The molecular weight excluding hydrogens is 364 g/mol. The summed E-state index contributed by atoms with van der Waals surface area (Å²) < 4.78 is 29.9. The Balaban J connectivity index is 1.64. The van der Waals surface area contributed by atoms with Crippen molar-refractivity contribution in [2.24, 2.45) is 5.92 Å². The third-order valence-electron chi connectivity index (χ3n) is 5.69. The largest absolute Gasteiger partial charge is 0.337 e. The van der Waals surface area contributed by atoms with Crippen LogP contribution in [0.25, 0.3) is 5.69 Å². The number of amides is 1. The lowest BCUT2D eigenvalue weighted by Gasteiger charge is -2.21. The van der Waals surface area contributed by atoms with E-state index in [-0.39, 0.29) is 17.3 Å². The van der Waals surface area contributed by atoms with E-state index in [4.69, 9.17) is 0 Å². The van der Waals surface area contributed by atoms with Gasteiger partial charge in [0.25, 0.3) is 5.91 Å². The van der Waals surface area contributed by atoms with Gasteiger partial charge in [0.1, 0.15) is 11.2 Å². The molecule has 0 unspecified atom stereocenters. The van der Waals surface area contributed by atoms with Crippen LogP contribution >= 0.6 is 0 Å². The van der Waals surface area contributed by atoms with E-state index in [2.05, 4.69) is 4.98 Å². The summed E-state index contributed by atoms with van der Waals surface area (Å²) in [5.41, 5.74) is 1.62. The fourth-order valence-electron chi connectivity index (χ4n) is 4.00. The zero-order chi connectivity index (χ0) is 18.6. The van der Waals surface area contributed by atoms with Crippen molar-refractivity contribution in [3.63, 3.8) is 0 Å². The molecule has 1 saturated heterocycles. The molecule has 142 valence electrons. The Morgan fingerprint density at radius 2 is 1.89 bits per heavy atom. The maximum absolute atomic E-state index is 13.3. The SMILES string of the molecule is O=C(c1ncn2c1CN(CC1CC1)S(=O)(=O)c1ccccc1-2)N1CCCC1. The number of hydrogen-bond acceptors (Lipinski definition) is 4. The van der Waals surface area contributed by atoms with E-state index in [1.807, 2.05) is 11.0 Å². The number of sulfonamides is 1. The van der Waals surface area contributed by atoms with Gasteiger partial charge in [-0.05, 0) is 43.7 Å². The monoisotopic (exact) mass is 386 g/mol. The standard InChI is InChI=1S/C19H22N4O3S/c24-19(21-9-3-4-10-21)18-16-12-22(11-14-7-8-14)27(25,26)17-6-2-1-5-15(17)23(16)13-20-18/h1-2,5-6,13-14H,3-4,7-12H2. The fraction of sp³-hybridized carbons (Fsp3) is 0.474. The predicted octanol–water partition coefficient (Wildman–Crippen LogP) is 2.02. The molecule has 2 aromatic rings. The molecule has 0 radical (unpaired) electrons. The number of hydrogen-bond donors (Lipinski definition) is 0. The molecule has 3 aliphatic rings. The number of rotatable bonds is 3. The number of para-hydroxylation sites is 1. The van der Waals surface area contributed by atoms with E-state index in [9.17, 15) is 13.2 Å². The first-order valence-electron chi connectivity index (χ1n) is 9.51. The van der Waals surface area contributed by atoms with Crippen molar-refractivity contribution < 1.29 is 13.2 Å². The van der Waals surface area contributed by atoms with Crippen LogP contribution in [-0.4, -0.2) is 52.7 Å². The molecule has 0 N–H and O–H groups in total. The maximum atomic E-state index is 13.3. The number of carbonyl (C=O) groups excluding carboxylic acids is 1. The van der Waals surface area contributed by atoms with Crippen LogP contribution in [-0.2, 0) is 16.6 Å². The summed E-state index contributed by atoms with van der Waals surface area (Å²) in [6, 6.07) is 6.98. The van der Waals surface area contributed by atoms with Gasteiger partial charge in [-0.2, -0.15) is 4.31 Å². The van der Waals surface area contributed by atoms with E-state index in [1.54, 1.807) is 29.1 Å². The molecule has 1 aliphatic carbocycles. The van der Waals surface area contributed by atoms with Gasteiger partial charge in [-0.15, -0.1) is 0 Å². The number of likely N-dealkylation sites (tertiary alicyclic amines) is 1. The summed E-state index contributed by atoms with van der Waals surface area (Å²) in [5.74, 6) is 0.323. The van der Waals surface area contributed by atoms with Gasteiger partial charge in [0.15, 0.2) is 5.69 Å². The van der Waals surface area contributed by atoms with Gasteiger partial charge in [0, 0.05) is 19.6 Å². The van der Waals surface area contributed by atoms with Crippen LogP contribution in [0.15, 0.2) is 35.5 Å². The third-order valence-corrected chi connectivity index (χ3v) is 7.55. The molecule has 0 spiro atoms. The van der Waals surface area contributed by atoms with Crippen LogP contribution in [0.5, 0.6) is 0 Å². The highest BCUT2D eigenvalue weighted by molar-refractivity contribution is 7.89. The number of aromatic nitrogens is 2. The molecule has 3 heterocycles. The molecule has 2 aliphatic heterocycles. The van der Waals surface area contributed by atoms with E-state index in [1.165, 1.54) is 4.31 Å². The smallest absolute Gasteiger partial charge is 0.274 e. The second-order valence-corrected chi connectivity index (χ2v) is 9.52. The lowest BCUT2D eigenvalue weighted by atomic mass is 10.2. The molecule has 7 nitrogen and oxygen atoms in total. The van der Waals surface area contributed by atoms with Gasteiger partial charge >= 0.3 is 0 Å². The summed E-state index contributed by atoms with van der Waals surface area (Å²) in [4.78, 5) is 19.5. The summed E-state index contributed by atoms with van der Waals surface area (Å²) in [5, 5.41) is 0. The number of imidazole rings is 1. The molecule has 1 aromatic heterocycles. The van der Waals surface area contributed by atoms with E-state index in [0.29, 0.717) is 29.5 Å². The number of nitrogens with zero attached hydrogens (tertiary/aromatic N) is 4. The van der Waals surface area contributed by atoms with Crippen molar-refractivity contribution in [2.75, 3.05) is 19.6 Å². The zero-order valence-corrected chi connectivity index (χ0v) is 15.9. The fourth-order valence-corrected chi connectivity index (χ4v) is 5.66. The van der Waals surface area contributed by atoms with Gasteiger partial charge in [-0.1, -0.05) is 12.1 Å². The molecule has 5 rings (SSSR count). The van der Waals surface area contributed by atoms with Gasteiger partial charge < -0.3 is 4.90 Å². The molecule has 27 heavy (non-hydrogen) atoms. The minimum atomic E-state index is -3.61. The number of benzene rings is 1. The maximum Gasteiger partial charge on any atom is 0.274 e. The van der Waals surface area contributed by atoms with Crippen LogP contribution in [0.2, 0.25) is 0 Å². The Kier molecular flexibility index (Phi) is 3.87. The topological polar surface area (TPSA) is 75.5 Å². The highest BCUT2D eigenvalue weighted by Gasteiger charge is 2.38. The van der Waals surface area contributed by atoms with Crippen molar-refractivity contribution in [3.8, 4) is 5.69 Å². The quantitative estimate of drug-likeness (QED) is 0.809. The first-order chi connectivity index (χ1) is 13.1. The summed E-state index contributed by atoms with van der Waals surface area (Å²) >= 11 is 0. The highest BCUT2D eigenvalue weighted by Crippen LogP contribution is 2.36. The lowest BCUT2D eigenvalue weighted by Crippen LogP contribution is -2.33. The van der Waals surface area contributed by atoms with E-state index < -0.39 is 10.0 Å². The van der Waals surface area contributed by atoms with E-state index >= 15 is 0 Å². The Hall–Kier alpha value is -2.19. The summed E-state index contributed by atoms with van der Waals surface area (Å²) in [6.45, 7) is 2.17. The van der Waals surface area contributed by atoms with Crippen LogP contribution in [0.1, 0.15) is 41.9 Å². The molecule has 1 aromatic carbocycles. The minimum absolute atomic E-state index is 0.0931. The van der Waals surface area contributed by atoms with Crippen molar-refractivity contribution >= 4 is 15.9 Å². The van der Waals surface area contributed by atoms with Crippen LogP contribution in [0.4, 0.5) is 0 Å². The number of carbonyl (C=O) groups is 1. The molecule has 1 amide bonds. The van der Waals surface area contributed by atoms with E-state index in [0.717, 1.165) is 38.8 Å². The summed E-state index contributed by atoms with van der Waals surface area (Å²) in [6.07, 6.45) is 5.73. The molecule has 0 bridgehead atoms. The zero-order valence-electron chi connectivity index (χ0n) is 15.0. The number of fused-ring (bicyclic) bond motifs is 3. The van der Waals surface area contributed by atoms with Crippen LogP contribution < -0.4 is 0 Å². The molecule has 0 atom stereocenters. The average molecular weight is 386 g/mol. The predicted molar refractivity (Wildman–Crippen MR) is 99.0 cm³/mol. The molecule has 2 fully saturated rings. The van der Waals surface area contributed by atoms with Crippen LogP contribution in [0, 0.1) is 5.92 Å². The van der Waals surface area contributed by atoms with Gasteiger partial charge in [0.05, 0.1) is 17.9 Å². The average Bonchev–Trinajstić information content (AvgIpc) is 3.18. The first-order valence-corrected chi connectivity index (χ1v) is 10.9. The second-order valence-electron chi connectivity index (χ2n) is 7.62. The third kappa shape index (κ3) is 2.78. The molecule has 1 saturated carbocycles. The molecular formula is C19H22N4O3S.